The molecule has 1 aliphatic heterocycles. The molecule has 0 aliphatic carbocycles. The lowest BCUT2D eigenvalue weighted by Gasteiger charge is -2.18. The molecule has 6 nitrogen and oxygen atoms in total. The number of aromatic nitrogens is 1. The number of nitrogens with zero attached hydrogens (tertiary/aromatic N) is 1. The van der Waals surface area contributed by atoms with E-state index in [2.05, 4.69) is 34.4 Å². The average molecular weight is 495 g/mol. The lowest BCUT2D eigenvalue weighted by atomic mass is 9.97. The molecule has 182 valence electrons. The summed E-state index contributed by atoms with van der Waals surface area (Å²) in [5, 5.41) is 6.36. The normalized spacial score (nSPS) is 13.9. The van der Waals surface area contributed by atoms with Crippen molar-refractivity contribution in [3.8, 4) is 11.1 Å². The number of nitrogens with one attached hydrogen (secondary N) is 3. The maximum atomic E-state index is 13.9. The number of benzene rings is 2. The maximum absolute atomic E-state index is 13.9. The van der Waals surface area contributed by atoms with Crippen molar-refractivity contribution in [2.75, 3.05) is 31.5 Å². The van der Waals surface area contributed by atoms with E-state index in [1.54, 1.807) is 18.2 Å². The lowest BCUT2D eigenvalue weighted by Crippen LogP contribution is -2.35. The average Bonchev–Trinajstić information content (AvgIpc) is 3.33. The molecule has 0 saturated heterocycles. The quantitative estimate of drug-likeness (QED) is 0.369. The molecule has 2 aromatic carbocycles. The number of halogens is 2. The van der Waals surface area contributed by atoms with E-state index in [9.17, 15) is 14.0 Å². The van der Waals surface area contributed by atoms with Gasteiger partial charge >= 0.3 is 0 Å². The van der Waals surface area contributed by atoms with Gasteiger partial charge in [-0.1, -0.05) is 37.6 Å². The molecule has 0 bridgehead atoms. The zero-order chi connectivity index (χ0) is 25.1. The van der Waals surface area contributed by atoms with E-state index in [4.69, 9.17) is 11.6 Å². The van der Waals surface area contributed by atoms with Crippen molar-refractivity contribution in [3.63, 3.8) is 0 Å². The molecule has 0 saturated carbocycles. The number of rotatable bonds is 8. The first-order chi connectivity index (χ1) is 16.8. The topological polar surface area (TPSA) is 77.2 Å². The molecule has 3 N–H and O–H groups in total. The standard InChI is InChI=1S/C27H28ClFN4O2/c1-4-33(5-2)13-12-30-27(35)24-16(3)31-23(25(24)17-6-8-18(28)9-7-17)15-21-20-14-19(29)10-11-22(20)32-26(21)34/h6-11,14-15,31H,4-5,12-13H2,1-3H3,(H,30,35)(H,32,34)/b21-15-. The van der Waals surface area contributed by atoms with Crippen LogP contribution < -0.4 is 10.6 Å². The number of hydrogen-bond acceptors (Lipinski definition) is 3. The highest BCUT2D eigenvalue weighted by atomic mass is 35.5. The number of aryl methyl sites for hydroxylation is 1. The molecule has 35 heavy (non-hydrogen) atoms. The van der Waals surface area contributed by atoms with Crippen molar-refractivity contribution in [2.24, 2.45) is 0 Å². The van der Waals surface area contributed by atoms with Crippen LogP contribution in [-0.2, 0) is 4.79 Å². The van der Waals surface area contributed by atoms with Crippen LogP contribution in [0.2, 0.25) is 5.02 Å². The fourth-order valence-electron chi connectivity index (χ4n) is 4.36. The van der Waals surface area contributed by atoms with Crippen molar-refractivity contribution in [1.29, 1.82) is 0 Å². The fraction of sp³-hybridized carbons (Fsp3) is 0.259. The van der Waals surface area contributed by atoms with Crippen LogP contribution in [-0.4, -0.2) is 47.9 Å². The van der Waals surface area contributed by atoms with Crippen LogP contribution in [0.1, 0.15) is 41.2 Å². The van der Waals surface area contributed by atoms with Crippen LogP contribution in [0, 0.1) is 12.7 Å². The van der Waals surface area contributed by atoms with E-state index in [-0.39, 0.29) is 11.8 Å². The monoisotopic (exact) mass is 494 g/mol. The summed E-state index contributed by atoms with van der Waals surface area (Å²) in [7, 11) is 0. The van der Waals surface area contributed by atoms with Gasteiger partial charge in [-0.05, 0) is 62.0 Å². The van der Waals surface area contributed by atoms with Gasteiger partial charge in [-0.2, -0.15) is 0 Å². The predicted molar refractivity (Wildman–Crippen MR) is 139 cm³/mol. The van der Waals surface area contributed by atoms with Gasteiger partial charge in [0.1, 0.15) is 5.82 Å². The van der Waals surface area contributed by atoms with E-state index in [0.29, 0.717) is 50.9 Å². The van der Waals surface area contributed by atoms with Gasteiger partial charge in [0.15, 0.2) is 0 Å². The molecule has 4 rings (SSSR count). The van der Waals surface area contributed by atoms with Crippen molar-refractivity contribution in [2.45, 2.75) is 20.8 Å². The van der Waals surface area contributed by atoms with Crippen molar-refractivity contribution >= 4 is 40.8 Å². The number of anilines is 1. The van der Waals surface area contributed by atoms with Crippen LogP contribution >= 0.6 is 11.6 Å². The van der Waals surface area contributed by atoms with E-state index >= 15 is 0 Å². The third kappa shape index (κ3) is 5.16. The Hall–Kier alpha value is -3.42. The molecule has 1 aliphatic rings. The van der Waals surface area contributed by atoms with Crippen LogP contribution in [0.15, 0.2) is 42.5 Å². The van der Waals surface area contributed by atoms with Gasteiger partial charge in [0.25, 0.3) is 11.8 Å². The minimum atomic E-state index is -0.431. The van der Waals surface area contributed by atoms with Gasteiger partial charge < -0.3 is 20.5 Å². The zero-order valence-electron chi connectivity index (χ0n) is 20.0. The van der Waals surface area contributed by atoms with Gasteiger partial charge in [-0.3, -0.25) is 9.59 Å². The summed E-state index contributed by atoms with van der Waals surface area (Å²) < 4.78 is 13.9. The highest BCUT2D eigenvalue weighted by molar-refractivity contribution is 6.35. The summed E-state index contributed by atoms with van der Waals surface area (Å²) in [4.78, 5) is 31.5. The van der Waals surface area contributed by atoms with Gasteiger partial charge in [0.2, 0.25) is 0 Å². The summed E-state index contributed by atoms with van der Waals surface area (Å²) in [6, 6.07) is 11.4. The van der Waals surface area contributed by atoms with Crippen LogP contribution in [0.5, 0.6) is 0 Å². The second-order valence-corrected chi connectivity index (χ2v) is 8.84. The Kier molecular flexibility index (Phi) is 7.38. The molecule has 0 spiro atoms. The molecule has 0 atom stereocenters. The maximum Gasteiger partial charge on any atom is 0.256 e. The lowest BCUT2D eigenvalue weighted by molar-refractivity contribution is -0.110. The highest BCUT2D eigenvalue weighted by Gasteiger charge is 2.27. The summed E-state index contributed by atoms with van der Waals surface area (Å²) >= 11 is 6.11. The third-order valence-electron chi connectivity index (χ3n) is 6.24. The molecule has 0 unspecified atom stereocenters. The SMILES string of the molecule is CCN(CC)CCNC(=O)c1c(C)[nH]c(/C=C2\C(=O)Nc3ccc(F)cc32)c1-c1ccc(Cl)cc1. The molecule has 0 radical (unpaired) electrons. The largest absolute Gasteiger partial charge is 0.358 e. The van der Waals surface area contributed by atoms with Gasteiger partial charge in [0, 0.05) is 46.3 Å². The van der Waals surface area contributed by atoms with E-state index in [1.807, 2.05) is 19.1 Å². The highest BCUT2D eigenvalue weighted by Crippen LogP contribution is 2.37. The Morgan fingerprint density at radius 2 is 1.86 bits per heavy atom. The minimum absolute atomic E-state index is 0.206. The van der Waals surface area contributed by atoms with Crippen LogP contribution in [0.4, 0.5) is 10.1 Å². The van der Waals surface area contributed by atoms with Gasteiger partial charge in [0.05, 0.1) is 11.1 Å². The van der Waals surface area contributed by atoms with Crippen molar-refractivity contribution in [1.82, 2.24) is 15.2 Å². The first kappa shape index (κ1) is 24.7. The van der Waals surface area contributed by atoms with E-state index < -0.39 is 5.82 Å². The van der Waals surface area contributed by atoms with Gasteiger partial charge in [-0.15, -0.1) is 0 Å². The number of hydrogen-bond donors (Lipinski definition) is 3. The second kappa shape index (κ2) is 10.5. The van der Waals surface area contributed by atoms with Crippen LogP contribution in [0.25, 0.3) is 22.8 Å². The molecule has 2 heterocycles. The molecular formula is C27H28ClFN4O2. The first-order valence-corrected chi connectivity index (χ1v) is 12.0. The Morgan fingerprint density at radius 3 is 2.54 bits per heavy atom. The van der Waals surface area contributed by atoms with Crippen LogP contribution in [0.3, 0.4) is 0 Å². The number of carbonyl (C=O) groups is 2. The van der Waals surface area contributed by atoms with Crippen molar-refractivity contribution in [3.05, 3.63) is 75.8 Å². The van der Waals surface area contributed by atoms with Crippen molar-refractivity contribution < 1.29 is 14.0 Å². The number of fused-ring (bicyclic) bond motifs is 1. The van der Waals surface area contributed by atoms with E-state index in [0.717, 1.165) is 25.2 Å². The molecule has 0 fully saturated rings. The number of likely N-dealkylation sites (N-methyl/N-ethyl adjacent to an activating group) is 1. The van der Waals surface area contributed by atoms with Gasteiger partial charge in [-0.25, -0.2) is 4.39 Å². The van der Waals surface area contributed by atoms with E-state index in [1.165, 1.54) is 18.2 Å². The number of amides is 2. The fourth-order valence-corrected chi connectivity index (χ4v) is 4.49. The third-order valence-corrected chi connectivity index (χ3v) is 6.49. The molecule has 8 heteroatoms. The summed E-state index contributed by atoms with van der Waals surface area (Å²) in [6.45, 7) is 9.07. The minimum Gasteiger partial charge on any atom is -0.358 e. The predicted octanol–water partition coefficient (Wildman–Crippen LogP) is 5.35. The summed E-state index contributed by atoms with van der Waals surface area (Å²) in [5.41, 5.74) is 4.53. The molecular weight excluding hydrogens is 467 g/mol. The second-order valence-electron chi connectivity index (χ2n) is 8.41. The number of carbonyl (C=O) groups excluding carboxylic acids is 2. The summed E-state index contributed by atoms with van der Waals surface area (Å²) in [5.74, 6) is -0.965. The molecule has 2 amide bonds. The number of aromatic amines is 1. The first-order valence-electron chi connectivity index (χ1n) is 11.6. The smallest absolute Gasteiger partial charge is 0.256 e. The Bertz CT molecular complexity index is 1290. The molecule has 1 aromatic heterocycles. The number of H-pyrrole nitrogens is 1. The molecule has 3 aromatic rings. The zero-order valence-corrected chi connectivity index (χ0v) is 20.7. The Balaban J connectivity index is 1.77. The summed E-state index contributed by atoms with van der Waals surface area (Å²) in [6.07, 6.45) is 1.67. The Morgan fingerprint density at radius 1 is 1.14 bits per heavy atom. The Labute approximate surface area is 209 Å².